The number of rotatable bonds is 3. The highest BCUT2D eigenvalue weighted by atomic mass is 16.5. The molecule has 1 unspecified atom stereocenters. The summed E-state index contributed by atoms with van der Waals surface area (Å²) in [5.41, 5.74) is 0.790. The first kappa shape index (κ1) is 13.3. The maximum absolute atomic E-state index is 12.1. The topological polar surface area (TPSA) is 71.5 Å². The van der Waals surface area contributed by atoms with Crippen LogP contribution in [-0.2, 0) is 16.1 Å². The van der Waals surface area contributed by atoms with E-state index in [0.29, 0.717) is 19.5 Å². The van der Waals surface area contributed by atoms with Crippen molar-refractivity contribution in [2.24, 2.45) is 0 Å². The fourth-order valence-electron chi connectivity index (χ4n) is 2.17. The second kappa shape index (κ2) is 6.17. The Labute approximate surface area is 111 Å². The summed E-state index contributed by atoms with van der Waals surface area (Å²) in [5, 5.41) is 2.80. The average molecular weight is 263 g/mol. The van der Waals surface area contributed by atoms with Gasteiger partial charge in [-0.2, -0.15) is 0 Å². The summed E-state index contributed by atoms with van der Waals surface area (Å²) in [5.74, 6) is -0.159. The van der Waals surface area contributed by atoms with Crippen LogP contribution in [0.5, 0.6) is 0 Å². The first-order chi connectivity index (χ1) is 9.22. The van der Waals surface area contributed by atoms with Crippen LogP contribution < -0.4 is 5.32 Å². The molecule has 1 atom stereocenters. The van der Waals surface area contributed by atoms with Crippen molar-refractivity contribution < 1.29 is 14.3 Å². The molecule has 1 aromatic heterocycles. The van der Waals surface area contributed by atoms with Gasteiger partial charge in [-0.1, -0.05) is 6.07 Å². The largest absolute Gasteiger partial charge is 0.453 e. The number of nitrogens with one attached hydrogen (secondary N) is 1. The fourth-order valence-corrected chi connectivity index (χ4v) is 2.17. The van der Waals surface area contributed by atoms with Crippen LogP contribution in [0.3, 0.4) is 0 Å². The number of carbonyl (C=O) groups is 2. The van der Waals surface area contributed by atoms with Crippen molar-refractivity contribution in [3.05, 3.63) is 30.1 Å². The van der Waals surface area contributed by atoms with E-state index >= 15 is 0 Å². The summed E-state index contributed by atoms with van der Waals surface area (Å²) >= 11 is 0. The van der Waals surface area contributed by atoms with E-state index in [9.17, 15) is 9.59 Å². The van der Waals surface area contributed by atoms with E-state index in [-0.39, 0.29) is 5.91 Å². The van der Waals surface area contributed by atoms with Crippen molar-refractivity contribution in [1.29, 1.82) is 0 Å². The Kier molecular flexibility index (Phi) is 4.33. The molecular weight excluding hydrogens is 246 g/mol. The van der Waals surface area contributed by atoms with Gasteiger partial charge in [-0.15, -0.1) is 0 Å². The minimum atomic E-state index is -0.449. The molecule has 2 heterocycles. The molecule has 1 aliphatic rings. The van der Waals surface area contributed by atoms with Gasteiger partial charge in [0.15, 0.2) is 0 Å². The van der Waals surface area contributed by atoms with E-state index in [2.05, 4.69) is 15.0 Å². The molecule has 0 saturated carbocycles. The van der Waals surface area contributed by atoms with Crippen molar-refractivity contribution in [1.82, 2.24) is 15.2 Å². The lowest BCUT2D eigenvalue weighted by atomic mass is 10.2. The zero-order chi connectivity index (χ0) is 13.7. The molecule has 0 spiro atoms. The molecule has 19 heavy (non-hydrogen) atoms. The van der Waals surface area contributed by atoms with Gasteiger partial charge >= 0.3 is 6.09 Å². The summed E-state index contributed by atoms with van der Waals surface area (Å²) in [6.07, 6.45) is 2.72. The van der Waals surface area contributed by atoms with E-state index in [4.69, 9.17) is 0 Å². The molecule has 1 saturated heterocycles. The number of nitrogens with zero attached hydrogens (tertiary/aromatic N) is 2. The van der Waals surface area contributed by atoms with Crippen molar-refractivity contribution in [3.63, 3.8) is 0 Å². The molecular formula is C13H17N3O3. The third-order valence-corrected chi connectivity index (χ3v) is 3.13. The van der Waals surface area contributed by atoms with Crippen molar-refractivity contribution in [3.8, 4) is 0 Å². The van der Waals surface area contributed by atoms with Gasteiger partial charge in [0.1, 0.15) is 6.04 Å². The maximum Gasteiger partial charge on any atom is 0.410 e. The highest BCUT2D eigenvalue weighted by molar-refractivity contribution is 5.86. The van der Waals surface area contributed by atoms with E-state index in [1.807, 2.05) is 18.2 Å². The molecule has 6 heteroatoms. The smallest absolute Gasteiger partial charge is 0.410 e. The summed E-state index contributed by atoms with van der Waals surface area (Å²) in [6, 6.07) is 5.09. The lowest BCUT2D eigenvalue weighted by molar-refractivity contribution is -0.125. The first-order valence-corrected chi connectivity index (χ1v) is 6.24. The van der Waals surface area contributed by atoms with Crippen LogP contribution in [0.1, 0.15) is 18.5 Å². The summed E-state index contributed by atoms with van der Waals surface area (Å²) in [4.78, 5) is 29.2. The molecule has 0 radical (unpaired) electrons. The third-order valence-electron chi connectivity index (χ3n) is 3.13. The van der Waals surface area contributed by atoms with E-state index in [0.717, 1.165) is 12.1 Å². The lowest BCUT2D eigenvalue weighted by Gasteiger charge is -2.22. The second-order valence-electron chi connectivity index (χ2n) is 4.36. The number of carbonyl (C=O) groups excluding carboxylic acids is 2. The molecule has 1 N–H and O–H groups in total. The van der Waals surface area contributed by atoms with Gasteiger partial charge in [-0.3, -0.25) is 14.7 Å². The van der Waals surface area contributed by atoms with Crippen LogP contribution in [0.25, 0.3) is 0 Å². The summed E-state index contributed by atoms with van der Waals surface area (Å²) < 4.78 is 4.67. The van der Waals surface area contributed by atoms with Gasteiger partial charge in [-0.05, 0) is 25.0 Å². The van der Waals surface area contributed by atoms with Crippen LogP contribution in [-0.4, -0.2) is 41.6 Å². The molecule has 2 amide bonds. The SMILES string of the molecule is COC(=O)N1CCCC1C(=O)NCc1ccccn1. The van der Waals surface area contributed by atoms with Crippen LogP contribution >= 0.6 is 0 Å². The van der Waals surface area contributed by atoms with Crippen molar-refractivity contribution in [2.75, 3.05) is 13.7 Å². The van der Waals surface area contributed by atoms with Gasteiger partial charge in [0.05, 0.1) is 19.3 Å². The Balaban J connectivity index is 1.90. The maximum atomic E-state index is 12.1. The van der Waals surface area contributed by atoms with E-state index < -0.39 is 12.1 Å². The molecule has 1 aliphatic heterocycles. The van der Waals surface area contributed by atoms with Crippen LogP contribution in [0.2, 0.25) is 0 Å². The Bertz CT molecular complexity index is 450. The van der Waals surface area contributed by atoms with Crippen molar-refractivity contribution in [2.45, 2.75) is 25.4 Å². The number of pyridine rings is 1. The van der Waals surface area contributed by atoms with Crippen LogP contribution in [0.15, 0.2) is 24.4 Å². The minimum Gasteiger partial charge on any atom is -0.453 e. The molecule has 6 nitrogen and oxygen atoms in total. The number of likely N-dealkylation sites (tertiary alicyclic amines) is 1. The Morgan fingerprint density at radius 2 is 2.37 bits per heavy atom. The van der Waals surface area contributed by atoms with Gasteiger partial charge < -0.3 is 10.1 Å². The van der Waals surface area contributed by atoms with Gasteiger partial charge in [0.2, 0.25) is 5.91 Å². The third kappa shape index (κ3) is 3.21. The predicted octanol–water partition coefficient (Wildman–Crippen LogP) is 0.929. The number of aromatic nitrogens is 1. The van der Waals surface area contributed by atoms with Gasteiger partial charge in [0.25, 0.3) is 0 Å². The lowest BCUT2D eigenvalue weighted by Crippen LogP contribution is -2.45. The molecule has 1 fully saturated rings. The highest BCUT2D eigenvalue weighted by Crippen LogP contribution is 2.18. The Hall–Kier alpha value is -2.11. The summed E-state index contributed by atoms with van der Waals surface area (Å²) in [6.45, 7) is 0.930. The molecule has 1 aromatic rings. The van der Waals surface area contributed by atoms with E-state index in [1.54, 1.807) is 6.20 Å². The standard InChI is InChI=1S/C13H17N3O3/c1-19-13(18)16-8-4-6-11(16)12(17)15-9-10-5-2-3-7-14-10/h2-3,5,7,11H,4,6,8-9H2,1H3,(H,15,17). The van der Waals surface area contributed by atoms with Crippen molar-refractivity contribution >= 4 is 12.0 Å². The monoisotopic (exact) mass is 263 g/mol. The Morgan fingerprint density at radius 3 is 3.05 bits per heavy atom. The fraction of sp³-hybridized carbons (Fsp3) is 0.462. The molecule has 0 aliphatic carbocycles. The minimum absolute atomic E-state index is 0.159. The first-order valence-electron chi connectivity index (χ1n) is 6.24. The number of hydrogen-bond donors (Lipinski definition) is 1. The molecule has 0 bridgehead atoms. The van der Waals surface area contributed by atoms with Gasteiger partial charge in [0, 0.05) is 12.7 Å². The molecule has 0 aromatic carbocycles. The molecule has 102 valence electrons. The Morgan fingerprint density at radius 1 is 1.53 bits per heavy atom. The van der Waals surface area contributed by atoms with Gasteiger partial charge in [-0.25, -0.2) is 4.79 Å². The van der Waals surface area contributed by atoms with Crippen LogP contribution in [0.4, 0.5) is 4.79 Å². The highest BCUT2D eigenvalue weighted by Gasteiger charge is 2.34. The number of amides is 2. The zero-order valence-electron chi connectivity index (χ0n) is 10.8. The van der Waals surface area contributed by atoms with E-state index in [1.165, 1.54) is 12.0 Å². The number of methoxy groups -OCH3 is 1. The average Bonchev–Trinajstić information content (AvgIpc) is 2.94. The predicted molar refractivity (Wildman–Crippen MR) is 68.2 cm³/mol. The van der Waals surface area contributed by atoms with Crippen LogP contribution in [0, 0.1) is 0 Å². The number of hydrogen-bond acceptors (Lipinski definition) is 4. The zero-order valence-corrected chi connectivity index (χ0v) is 10.8. The summed E-state index contributed by atoms with van der Waals surface area (Å²) in [7, 11) is 1.32. The number of ether oxygens (including phenoxy) is 1. The second-order valence-corrected chi connectivity index (χ2v) is 4.36. The normalized spacial score (nSPS) is 18.2. The molecule has 2 rings (SSSR count). The quantitative estimate of drug-likeness (QED) is 0.880.